The zero-order chi connectivity index (χ0) is 15.1. The van der Waals surface area contributed by atoms with Gasteiger partial charge in [0.25, 0.3) is 0 Å². The monoisotopic (exact) mass is 281 g/mol. The molecule has 0 spiro atoms. The van der Waals surface area contributed by atoms with Crippen LogP contribution in [0.3, 0.4) is 0 Å². The lowest BCUT2D eigenvalue weighted by Crippen LogP contribution is -2.44. The maximum absolute atomic E-state index is 6.66. The zero-order valence-electron chi connectivity index (χ0n) is 13.3. The number of hydrogen-bond donors (Lipinski definition) is 1. The highest BCUT2D eigenvalue weighted by atomic mass is 14.7. The van der Waals surface area contributed by atoms with Crippen molar-refractivity contribution in [1.29, 1.82) is 0 Å². The van der Waals surface area contributed by atoms with Gasteiger partial charge in [-0.1, -0.05) is 86.8 Å². The predicted octanol–water partition coefficient (Wildman–Crippen LogP) is 4.90. The van der Waals surface area contributed by atoms with Gasteiger partial charge in [0.2, 0.25) is 0 Å². The molecule has 0 amide bonds. The summed E-state index contributed by atoms with van der Waals surface area (Å²) in [5.41, 5.74) is 9.14. The van der Waals surface area contributed by atoms with E-state index in [0.717, 1.165) is 6.42 Å². The minimum absolute atomic E-state index is 0.129. The van der Waals surface area contributed by atoms with Gasteiger partial charge >= 0.3 is 0 Å². The Morgan fingerprint density at radius 1 is 0.857 bits per heavy atom. The van der Waals surface area contributed by atoms with Crippen LogP contribution in [-0.4, -0.2) is 6.04 Å². The molecule has 0 fully saturated rings. The third-order valence-electron chi connectivity index (χ3n) is 4.61. The van der Waals surface area contributed by atoms with E-state index >= 15 is 0 Å². The first-order valence-corrected chi connectivity index (χ1v) is 8.06. The van der Waals surface area contributed by atoms with Crippen LogP contribution in [0.5, 0.6) is 0 Å². The quantitative estimate of drug-likeness (QED) is 0.718. The molecule has 0 bridgehead atoms. The van der Waals surface area contributed by atoms with Crippen LogP contribution in [0.4, 0.5) is 0 Å². The van der Waals surface area contributed by atoms with Crippen molar-refractivity contribution >= 4 is 0 Å². The first-order valence-electron chi connectivity index (χ1n) is 8.06. The summed E-state index contributed by atoms with van der Waals surface area (Å²) >= 11 is 0. The van der Waals surface area contributed by atoms with Crippen LogP contribution in [0.2, 0.25) is 0 Å². The molecule has 0 heterocycles. The van der Waals surface area contributed by atoms with E-state index in [1.54, 1.807) is 0 Å². The van der Waals surface area contributed by atoms with Crippen LogP contribution in [0.15, 0.2) is 60.7 Å². The van der Waals surface area contributed by atoms with Crippen molar-refractivity contribution in [2.75, 3.05) is 0 Å². The Kier molecular flexibility index (Phi) is 5.58. The Balaban J connectivity index is 2.35. The second-order valence-corrected chi connectivity index (χ2v) is 6.04. The van der Waals surface area contributed by atoms with E-state index in [2.05, 4.69) is 74.5 Å². The van der Waals surface area contributed by atoms with E-state index in [1.807, 2.05) is 0 Å². The molecule has 2 N–H and O–H groups in total. The topological polar surface area (TPSA) is 26.0 Å². The van der Waals surface area contributed by atoms with E-state index in [0.29, 0.717) is 0 Å². The Bertz CT molecular complexity index is 479. The summed E-state index contributed by atoms with van der Waals surface area (Å²) in [4.78, 5) is 0. The van der Waals surface area contributed by atoms with Crippen molar-refractivity contribution in [3.05, 3.63) is 71.8 Å². The van der Waals surface area contributed by atoms with Gasteiger partial charge in [-0.25, -0.2) is 0 Å². The summed E-state index contributed by atoms with van der Waals surface area (Å²) < 4.78 is 0. The molecule has 2 rings (SSSR count). The number of nitrogens with two attached hydrogens (primary N) is 1. The predicted molar refractivity (Wildman–Crippen MR) is 91.5 cm³/mol. The molecular formula is C20H27N. The molecule has 1 unspecified atom stereocenters. The van der Waals surface area contributed by atoms with Gasteiger partial charge in [-0.05, 0) is 24.5 Å². The van der Waals surface area contributed by atoms with Gasteiger partial charge in [0.05, 0.1) is 0 Å². The fourth-order valence-electron chi connectivity index (χ4n) is 3.07. The van der Waals surface area contributed by atoms with Gasteiger partial charge in [0, 0.05) is 11.5 Å². The van der Waals surface area contributed by atoms with Gasteiger partial charge < -0.3 is 5.73 Å². The average Bonchev–Trinajstić information content (AvgIpc) is 2.56. The third kappa shape index (κ3) is 3.54. The Labute approximate surface area is 129 Å². The molecule has 0 aliphatic rings. The average molecular weight is 281 g/mol. The van der Waals surface area contributed by atoms with Crippen LogP contribution in [0, 0.1) is 0 Å². The molecule has 0 saturated carbocycles. The molecule has 1 heteroatoms. The third-order valence-corrected chi connectivity index (χ3v) is 4.61. The summed E-state index contributed by atoms with van der Waals surface area (Å²) in [7, 11) is 0. The fraction of sp³-hybridized carbons (Fsp3) is 0.400. The first-order chi connectivity index (χ1) is 10.2. The van der Waals surface area contributed by atoms with E-state index in [9.17, 15) is 0 Å². The lowest BCUT2D eigenvalue weighted by Gasteiger charge is -2.37. The van der Waals surface area contributed by atoms with Crippen molar-refractivity contribution in [3.63, 3.8) is 0 Å². The molecular weight excluding hydrogens is 254 g/mol. The molecule has 0 aromatic heterocycles. The Morgan fingerprint density at radius 3 is 1.76 bits per heavy atom. The van der Waals surface area contributed by atoms with Crippen molar-refractivity contribution in [1.82, 2.24) is 0 Å². The second-order valence-electron chi connectivity index (χ2n) is 6.04. The van der Waals surface area contributed by atoms with E-state index < -0.39 is 0 Å². The summed E-state index contributed by atoms with van der Waals surface area (Å²) in [6.07, 6.45) is 4.76. The SMILES string of the molecule is CCCCCC(N)C(C)(c1ccccc1)c1ccccc1. The molecule has 2 aromatic rings. The molecule has 0 radical (unpaired) electrons. The van der Waals surface area contributed by atoms with Crippen LogP contribution >= 0.6 is 0 Å². The summed E-state index contributed by atoms with van der Waals surface area (Å²) in [5, 5.41) is 0. The Morgan fingerprint density at radius 2 is 1.33 bits per heavy atom. The summed E-state index contributed by atoms with van der Waals surface area (Å²) in [6.45, 7) is 4.52. The van der Waals surface area contributed by atoms with Gasteiger partial charge in [-0.2, -0.15) is 0 Å². The Hall–Kier alpha value is -1.60. The highest BCUT2D eigenvalue weighted by Crippen LogP contribution is 2.36. The largest absolute Gasteiger partial charge is 0.327 e. The maximum atomic E-state index is 6.66. The number of rotatable bonds is 7. The van der Waals surface area contributed by atoms with Gasteiger partial charge in [0.15, 0.2) is 0 Å². The summed E-state index contributed by atoms with van der Waals surface area (Å²) in [5.74, 6) is 0. The van der Waals surface area contributed by atoms with E-state index in [-0.39, 0.29) is 11.5 Å². The molecule has 1 nitrogen and oxygen atoms in total. The summed E-state index contributed by atoms with van der Waals surface area (Å²) in [6, 6.07) is 21.5. The molecule has 21 heavy (non-hydrogen) atoms. The normalized spacial score (nSPS) is 13.1. The van der Waals surface area contributed by atoms with Crippen molar-refractivity contribution in [2.24, 2.45) is 5.73 Å². The molecule has 2 aromatic carbocycles. The van der Waals surface area contributed by atoms with Crippen LogP contribution in [-0.2, 0) is 5.41 Å². The first kappa shape index (κ1) is 15.8. The van der Waals surface area contributed by atoms with Crippen LogP contribution < -0.4 is 5.73 Å². The minimum atomic E-state index is -0.129. The van der Waals surface area contributed by atoms with Gasteiger partial charge in [-0.15, -0.1) is 0 Å². The van der Waals surface area contributed by atoms with Crippen LogP contribution in [0.25, 0.3) is 0 Å². The fourth-order valence-corrected chi connectivity index (χ4v) is 3.07. The van der Waals surface area contributed by atoms with Crippen molar-refractivity contribution in [2.45, 2.75) is 51.0 Å². The van der Waals surface area contributed by atoms with E-state index in [1.165, 1.54) is 30.4 Å². The highest BCUT2D eigenvalue weighted by Gasteiger charge is 2.34. The van der Waals surface area contributed by atoms with E-state index in [4.69, 9.17) is 5.73 Å². The molecule has 0 saturated heterocycles. The zero-order valence-corrected chi connectivity index (χ0v) is 13.3. The lowest BCUT2D eigenvalue weighted by molar-refractivity contribution is 0.404. The minimum Gasteiger partial charge on any atom is -0.327 e. The number of hydrogen-bond acceptors (Lipinski definition) is 1. The standard InChI is InChI=1S/C20H27N/c1-3-4-7-16-19(21)20(2,17-12-8-5-9-13-17)18-14-10-6-11-15-18/h5-6,8-15,19H,3-4,7,16,21H2,1-2H3. The maximum Gasteiger partial charge on any atom is 0.0325 e. The smallest absolute Gasteiger partial charge is 0.0325 e. The van der Waals surface area contributed by atoms with Gasteiger partial charge in [0.1, 0.15) is 0 Å². The number of unbranched alkanes of at least 4 members (excludes halogenated alkanes) is 2. The molecule has 1 atom stereocenters. The molecule has 112 valence electrons. The van der Waals surface area contributed by atoms with Crippen molar-refractivity contribution < 1.29 is 0 Å². The van der Waals surface area contributed by atoms with Gasteiger partial charge in [-0.3, -0.25) is 0 Å². The van der Waals surface area contributed by atoms with Crippen molar-refractivity contribution in [3.8, 4) is 0 Å². The van der Waals surface area contributed by atoms with Crippen LogP contribution in [0.1, 0.15) is 50.7 Å². The molecule has 0 aliphatic heterocycles. The highest BCUT2D eigenvalue weighted by molar-refractivity contribution is 5.40. The lowest BCUT2D eigenvalue weighted by atomic mass is 9.69. The molecule has 0 aliphatic carbocycles. The second kappa shape index (κ2) is 7.42. The number of benzene rings is 2.